The van der Waals surface area contributed by atoms with Gasteiger partial charge in [0.1, 0.15) is 0 Å². The van der Waals surface area contributed by atoms with Crippen molar-refractivity contribution in [2.45, 2.75) is 11.2 Å². The molecule has 1 aliphatic heterocycles. The summed E-state index contributed by atoms with van der Waals surface area (Å²) in [6.07, 6.45) is 1.28. The Kier molecular flexibility index (Phi) is 2.71. The molecule has 88 valence electrons. The van der Waals surface area contributed by atoms with Gasteiger partial charge in [-0.05, 0) is 0 Å². The molecule has 0 N–H and O–H groups in total. The molecule has 3 aromatic rings. The summed E-state index contributed by atoms with van der Waals surface area (Å²) in [7, 11) is 0. The third-order valence-electron chi connectivity index (χ3n) is 3.41. The molecule has 1 aromatic heterocycles. The van der Waals surface area contributed by atoms with Gasteiger partial charge in [-0.15, -0.1) is 0 Å². The Bertz CT molecular complexity index is 654. The predicted octanol–water partition coefficient (Wildman–Crippen LogP) is 2.52. The summed E-state index contributed by atoms with van der Waals surface area (Å²) in [5.74, 6) is 0. The monoisotopic (exact) mass is 364 g/mol. The quantitative estimate of drug-likeness (QED) is 0.584. The number of fused-ring (bicyclic) bond motifs is 2. The molecule has 0 radical (unpaired) electrons. The zero-order valence-corrected chi connectivity index (χ0v) is 13.2. The van der Waals surface area contributed by atoms with E-state index in [1.54, 1.807) is 18.7 Å². The standard InChI is InChI=1S/C16H12Se2/c1-3-7-13-11(5-1)9-15(17-13)16-10-12-6-2-4-8-14(12)18-16/h1-9,16H,10H2. The Morgan fingerprint density at radius 3 is 2.67 bits per heavy atom. The van der Waals surface area contributed by atoms with Crippen molar-refractivity contribution >= 4 is 43.6 Å². The van der Waals surface area contributed by atoms with Gasteiger partial charge in [-0.1, -0.05) is 0 Å². The average molecular weight is 362 g/mol. The molecule has 1 unspecified atom stereocenters. The summed E-state index contributed by atoms with van der Waals surface area (Å²) in [4.78, 5) is 0.822. The van der Waals surface area contributed by atoms with Gasteiger partial charge in [0.05, 0.1) is 0 Å². The first-order valence-corrected chi connectivity index (χ1v) is 9.69. The molecule has 2 heterocycles. The molecule has 2 aromatic carbocycles. The minimum absolute atomic E-state index is 0.574. The van der Waals surface area contributed by atoms with Gasteiger partial charge in [0.15, 0.2) is 0 Å². The van der Waals surface area contributed by atoms with Crippen LogP contribution < -0.4 is 4.46 Å². The maximum absolute atomic E-state index is 2.47. The topological polar surface area (TPSA) is 0 Å². The Labute approximate surface area is 119 Å². The minimum atomic E-state index is 0.574. The van der Waals surface area contributed by atoms with Crippen molar-refractivity contribution in [2.75, 3.05) is 0 Å². The van der Waals surface area contributed by atoms with Crippen LogP contribution in [0.5, 0.6) is 0 Å². The number of rotatable bonds is 1. The summed E-state index contributed by atoms with van der Waals surface area (Å²) >= 11 is 1.22. The van der Waals surface area contributed by atoms with Crippen molar-refractivity contribution in [3.63, 3.8) is 0 Å². The molecular weight excluding hydrogens is 350 g/mol. The second-order valence-electron chi connectivity index (χ2n) is 4.60. The molecule has 0 bridgehead atoms. The van der Waals surface area contributed by atoms with Crippen molar-refractivity contribution in [1.29, 1.82) is 0 Å². The van der Waals surface area contributed by atoms with Crippen molar-refractivity contribution in [3.8, 4) is 0 Å². The molecule has 0 fully saturated rings. The van der Waals surface area contributed by atoms with Crippen LogP contribution in [0.1, 0.15) is 14.8 Å². The molecule has 18 heavy (non-hydrogen) atoms. The van der Waals surface area contributed by atoms with E-state index in [1.807, 2.05) is 0 Å². The van der Waals surface area contributed by atoms with Crippen molar-refractivity contribution < 1.29 is 0 Å². The molecule has 1 atom stereocenters. The van der Waals surface area contributed by atoms with E-state index >= 15 is 0 Å². The van der Waals surface area contributed by atoms with Gasteiger partial charge < -0.3 is 0 Å². The van der Waals surface area contributed by atoms with Crippen LogP contribution in [-0.4, -0.2) is 29.5 Å². The van der Waals surface area contributed by atoms with Gasteiger partial charge in [-0.2, -0.15) is 0 Å². The van der Waals surface area contributed by atoms with Crippen molar-refractivity contribution in [3.05, 3.63) is 64.6 Å². The van der Waals surface area contributed by atoms with E-state index in [9.17, 15) is 0 Å². The van der Waals surface area contributed by atoms with E-state index < -0.39 is 0 Å². The van der Waals surface area contributed by atoms with E-state index in [2.05, 4.69) is 54.6 Å². The van der Waals surface area contributed by atoms with E-state index in [-0.39, 0.29) is 0 Å². The third kappa shape index (κ3) is 1.81. The Morgan fingerprint density at radius 1 is 0.944 bits per heavy atom. The maximum atomic E-state index is 2.47. The molecule has 2 heteroatoms. The molecule has 0 saturated carbocycles. The van der Waals surface area contributed by atoms with Crippen LogP contribution in [-0.2, 0) is 6.42 Å². The first-order valence-electron chi connectivity index (χ1n) is 6.13. The van der Waals surface area contributed by atoms with E-state index in [0.29, 0.717) is 29.5 Å². The van der Waals surface area contributed by atoms with Crippen LogP contribution in [0.4, 0.5) is 0 Å². The van der Waals surface area contributed by atoms with Gasteiger partial charge >= 0.3 is 119 Å². The van der Waals surface area contributed by atoms with Gasteiger partial charge in [0.2, 0.25) is 0 Å². The molecule has 4 rings (SSSR count). The summed E-state index contributed by atoms with van der Waals surface area (Å²) in [5, 5.41) is 1.47. The normalized spacial score (nSPS) is 18.1. The fourth-order valence-electron chi connectivity index (χ4n) is 2.50. The molecule has 0 aliphatic carbocycles. The first kappa shape index (κ1) is 11.1. The number of hydrogen-bond donors (Lipinski definition) is 0. The van der Waals surface area contributed by atoms with E-state index in [0.717, 1.165) is 4.82 Å². The third-order valence-corrected chi connectivity index (χ3v) is 9.59. The van der Waals surface area contributed by atoms with Gasteiger partial charge in [0.25, 0.3) is 0 Å². The van der Waals surface area contributed by atoms with E-state index in [4.69, 9.17) is 0 Å². The molecule has 0 spiro atoms. The second-order valence-corrected chi connectivity index (χ2v) is 9.56. The Morgan fingerprint density at radius 2 is 1.78 bits per heavy atom. The zero-order chi connectivity index (χ0) is 11.9. The molecule has 0 amide bonds. The summed E-state index contributed by atoms with van der Waals surface area (Å²) < 4.78 is 4.93. The summed E-state index contributed by atoms with van der Waals surface area (Å²) in [6.45, 7) is 0. The van der Waals surface area contributed by atoms with Crippen LogP contribution >= 0.6 is 0 Å². The van der Waals surface area contributed by atoms with Crippen LogP contribution in [0.15, 0.2) is 54.6 Å². The fraction of sp³-hybridized carbons (Fsp3) is 0.125. The number of benzene rings is 2. The Hall–Kier alpha value is -0.781. The van der Waals surface area contributed by atoms with E-state index in [1.165, 1.54) is 11.8 Å². The first-order chi connectivity index (χ1) is 8.90. The SMILES string of the molecule is c1ccc2c(c1)CC(c1cc3ccccc3[se]1)[Se]2. The van der Waals surface area contributed by atoms with Gasteiger partial charge in [-0.3, -0.25) is 0 Å². The van der Waals surface area contributed by atoms with Gasteiger partial charge in [0, 0.05) is 0 Å². The summed E-state index contributed by atoms with van der Waals surface area (Å²) in [6, 6.07) is 20.4. The molecular formula is C16H12Se2. The van der Waals surface area contributed by atoms with Crippen LogP contribution in [0.3, 0.4) is 0 Å². The predicted molar refractivity (Wildman–Crippen MR) is 79.2 cm³/mol. The zero-order valence-electron chi connectivity index (χ0n) is 9.80. The number of hydrogen-bond acceptors (Lipinski definition) is 0. The van der Waals surface area contributed by atoms with Crippen LogP contribution in [0.2, 0.25) is 0 Å². The Balaban J connectivity index is 1.73. The van der Waals surface area contributed by atoms with Gasteiger partial charge in [-0.25, -0.2) is 0 Å². The van der Waals surface area contributed by atoms with Crippen LogP contribution in [0, 0.1) is 0 Å². The summed E-state index contributed by atoms with van der Waals surface area (Å²) in [5.41, 5.74) is 1.59. The molecule has 1 aliphatic rings. The fourth-order valence-corrected chi connectivity index (χ4v) is 8.29. The van der Waals surface area contributed by atoms with Crippen LogP contribution in [0.25, 0.3) is 9.65 Å². The van der Waals surface area contributed by atoms with Crippen molar-refractivity contribution in [1.82, 2.24) is 0 Å². The second kappa shape index (κ2) is 4.40. The molecule has 0 nitrogen and oxygen atoms in total. The molecule has 0 saturated heterocycles. The van der Waals surface area contributed by atoms with Crippen molar-refractivity contribution in [2.24, 2.45) is 0 Å². The average Bonchev–Trinajstić information content (AvgIpc) is 3.02.